The fourth-order valence-corrected chi connectivity index (χ4v) is 1.89. The van der Waals surface area contributed by atoms with Crippen molar-refractivity contribution in [2.45, 2.75) is 13.5 Å². The van der Waals surface area contributed by atoms with Gasteiger partial charge in [-0.3, -0.25) is 4.98 Å². The standard InChI is InChI=1S/C17H14N2O3/c1-12-7-8-14(9-18-12)16-19-15(11-21-16)17(20)22-10-13-5-3-2-4-6-13/h2-9,11H,10H2,1H3. The lowest BCUT2D eigenvalue weighted by Crippen LogP contribution is -2.05. The maximum absolute atomic E-state index is 12.0. The van der Waals surface area contributed by atoms with E-state index in [0.717, 1.165) is 11.3 Å². The summed E-state index contributed by atoms with van der Waals surface area (Å²) in [5, 5.41) is 0. The van der Waals surface area contributed by atoms with Gasteiger partial charge in [-0.1, -0.05) is 30.3 Å². The molecule has 110 valence electrons. The molecule has 0 spiro atoms. The zero-order chi connectivity index (χ0) is 15.4. The zero-order valence-electron chi connectivity index (χ0n) is 12.0. The van der Waals surface area contributed by atoms with Gasteiger partial charge in [0.25, 0.3) is 0 Å². The molecule has 5 heteroatoms. The number of ether oxygens (including phenoxy) is 1. The van der Waals surface area contributed by atoms with Crippen molar-refractivity contribution < 1.29 is 13.9 Å². The molecule has 0 fully saturated rings. The van der Waals surface area contributed by atoms with Crippen LogP contribution in [0.3, 0.4) is 0 Å². The van der Waals surface area contributed by atoms with Crippen LogP contribution >= 0.6 is 0 Å². The fourth-order valence-electron chi connectivity index (χ4n) is 1.89. The van der Waals surface area contributed by atoms with E-state index < -0.39 is 5.97 Å². The lowest BCUT2D eigenvalue weighted by atomic mass is 10.2. The number of carbonyl (C=O) groups excluding carboxylic acids is 1. The van der Waals surface area contributed by atoms with E-state index in [1.165, 1.54) is 6.26 Å². The van der Waals surface area contributed by atoms with Crippen LogP contribution in [0.4, 0.5) is 0 Å². The maximum atomic E-state index is 12.0. The van der Waals surface area contributed by atoms with Crippen LogP contribution in [-0.2, 0) is 11.3 Å². The second-order valence-corrected chi connectivity index (χ2v) is 4.79. The molecule has 3 rings (SSSR count). The molecule has 0 radical (unpaired) electrons. The summed E-state index contributed by atoms with van der Waals surface area (Å²) in [5.74, 6) is -0.168. The van der Waals surface area contributed by atoms with Crippen LogP contribution in [0, 0.1) is 6.92 Å². The molecule has 0 bridgehead atoms. The topological polar surface area (TPSA) is 65.2 Å². The monoisotopic (exact) mass is 294 g/mol. The molecule has 0 aliphatic heterocycles. The van der Waals surface area contributed by atoms with Gasteiger partial charge in [-0.15, -0.1) is 0 Å². The predicted molar refractivity (Wildman–Crippen MR) is 80.0 cm³/mol. The minimum Gasteiger partial charge on any atom is -0.456 e. The third kappa shape index (κ3) is 3.20. The third-order valence-corrected chi connectivity index (χ3v) is 3.08. The van der Waals surface area contributed by atoms with E-state index in [1.807, 2.05) is 49.4 Å². The molecule has 5 nitrogen and oxygen atoms in total. The highest BCUT2D eigenvalue weighted by Crippen LogP contribution is 2.18. The van der Waals surface area contributed by atoms with E-state index in [1.54, 1.807) is 6.20 Å². The van der Waals surface area contributed by atoms with Crippen molar-refractivity contribution in [3.63, 3.8) is 0 Å². The zero-order valence-corrected chi connectivity index (χ0v) is 12.0. The first-order valence-electron chi connectivity index (χ1n) is 6.82. The summed E-state index contributed by atoms with van der Waals surface area (Å²) in [6.45, 7) is 2.10. The highest BCUT2D eigenvalue weighted by atomic mass is 16.5. The van der Waals surface area contributed by atoms with E-state index in [9.17, 15) is 4.79 Å². The van der Waals surface area contributed by atoms with Gasteiger partial charge in [0.15, 0.2) is 5.69 Å². The average Bonchev–Trinajstić information content (AvgIpc) is 3.04. The minimum absolute atomic E-state index is 0.145. The quantitative estimate of drug-likeness (QED) is 0.690. The highest BCUT2D eigenvalue weighted by Gasteiger charge is 2.15. The van der Waals surface area contributed by atoms with Crippen molar-refractivity contribution in [1.82, 2.24) is 9.97 Å². The largest absolute Gasteiger partial charge is 0.456 e. The molecule has 0 N–H and O–H groups in total. The van der Waals surface area contributed by atoms with Gasteiger partial charge in [0.05, 0.1) is 5.56 Å². The minimum atomic E-state index is -0.515. The summed E-state index contributed by atoms with van der Waals surface area (Å²) < 4.78 is 10.5. The molecule has 0 saturated carbocycles. The maximum Gasteiger partial charge on any atom is 0.360 e. The van der Waals surface area contributed by atoms with Crippen LogP contribution < -0.4 is 0 Å². The summed E-state index contributed by atoms with van der Waals surface area (Å²) >= 11 is 0. The molecular formula is C17H14N2O3. The SMILES string of the molecule is Cc1ccc(-c2nc(C(=O)OCc3ccccc3)co2)cn1. The van der Waals surface area contributed by atoms with Gasteiger partial charge in [-0.25, -0.2) is 9.78 Å². The van der Waals surface area contributed by atoms with Gasteiger partial charge in [-0.2, -0.15) is 0 Å². The molecule has 0 saturated heterocycles. The Balaban J connectivity index is 1.68. The van der Waals surface area contributed by atoms with Crippen molar-refractivity contribution in [1.29, 1.82) is 0 Å². The number of nitrogens with zero attached hydrogens (tertiary/aromatic N) is 2. The van der Waals surface area contributed by atoms with Crippen LogP contribution in [0.25, 0.3) is 11.5 Å². The first-order valence-corrected chi connectivity index (χ1v) is 6.82. The Kier molecular flexibility index (Phi) is 3.96. The van der Waals surface area contributed by atoms with Gasteiger partial charge >= 0.3 is 5.97 Å². The summed E-state index contributed by atoms with van der Waals surface area (Å²) in [6.07, 6.45) is 2.95. The third-order valence-electron chi connectivity index (χ3n) is 3.08. The number of esters is 1. The Morgan fingerprint density at radius 3 is 2.73 bits per heavy atom. The Morgan fingerprint density at radius 1 is 1.18 bits per heavy atom. The molecule has 3 aromatic rings. The van der Waals surface area contributed by atoms with Crippen molar-refractivity contribution in [2.75, 3.05) is 0 Å². The van der Waals surface area contributed by atoms with Crippen molar-refractivity contribution in [3.8, 4) is 11.5 Å². The number of oxazole rings is 1. The van der Waals surface area contributed by atoms with Gasteiger partial charge in [0, 0.05) is 11.9 Å². The Labute approximate surface area is 127 Å². The fraction of sp³-hybridized carbons (Fsp3) is 0.118. The molecule has 0 amide bonds. The van der Waals surface area contributed by atoms with E-state index >= 15 is 0 Å². The first kappa shape index (κ1) is 14.0. The Hall–Kier alpha value is -2.95. The van der Waals surface area contributed by atoms with Gasteiger partial charge in [0.2, 0.25) is 5.89 Å². The smallest absolute Gasteiger partial charge is 0.360 e. The van der Waals surface area contributed by atoms with Crippen LogP contribution in [0.15, 0.2) is 59.3 Å². The number of pyridine rings is 1. The molecule has 0 unspecified atom stereocenters. The van der Waals surface area contributed by atoms with Crippen molar-refractivity contribution in [3.05, 3.63) is 71.9 Å². The molecule has 2 aromatic heterocycles. The second kappa shape index (κ2) is 6.22. The normalized spacial score (nSPS) is 10.4. The second-order valence-electron chi connectivity index (χ2n) is 4.79. The molecule has 1 aromatic carbocycles. The Morgan fingerprint density at radius 2 is 2.00 bits per heavy atom. The van der Waals surface area contributed by atoms with Crippen molar-refractivity contribution in [2.24, 2.45) is 0 Å². The van der Waals surface area contributed by atoms with E-state index in [0.29, 0.717) is 11.5 Å². The molecule has 22 heavy (non-hydrogen) atoms. The van der Waals surface area contributed by atoms with Crippen LogP contribution in [-0.4, -0.2) is 15.9 Å². The number of hydrogen-bond acceptors (Lipinski definition) is 5. The lowest BCUT2D eigenvalue weighted by molar-refractivity contribution is 0.0465. The molecule has 2 heterocycles. The lowest BCUT2D eigenvalue weighted by Gasteiger charge is -2.01. The van der Waals surface area contributed by atoms with Crippen LogP contribution in [0.2, 0.25) is 0 Å². The van der Waals surface area contributed by atoms with E-state index in [-0.39, 0.29) is 12.3 Å². The number of rotatable bonds is 4. The molecule has 0 aliphatic rings. The molecule has 0 aliphatic carbocycles. The first-order chi connectivity index (χ1) is 10.7. The number of aromatic nitrogens is 2. The summed E-state index contributed by atoms with van der Waals surface area (Å²) in [4.78, 5) is 20.3. The number of hydrogen-bond donors (Lipinski definition) is 0. The molecular weight excluding hydrogens is 280 g/mol. The van der Waals surface area contributed by atoms with Gasteiger partial charge in [-0.05, 0) is 24.6 Å². The summed E-state index contributed by atoms with van der Waals surface area (Å²) in [7, 11) is 0. The van der Waals surface area contributed by atoms with E-state index in [4.69, 9.17) is 9.15 Å². The van der Waals surface area contributed by atoms with Gasteiger partial charge in [0.1, 0.15) is 12.9 Å². The van der Waals surface area contributed by atoms with E-state index in [2.05, 4.69) is 9.97 Å². The van der Waals surface area contributed by atoms with Gasteiger partial charge < -0.3 is 9.15 Å². The Bertz CT molecular complexity index is 764. The van der Waals surface area contributed by atoms with Crippen LogP contribution in [0.5, 0.6) is 0 Å². The van der Waals surface area contributed by atoms with Crippen LogP contribution in [0.1, 0.15) is 21.7 Å². The summed E-state index contributed by atoms with van der Waals surface area (Å²) in [5.41, 5.74) is 2.68. The number of benzene rings is 1. The average molecular weight is 294 g/mol. The predicted octanol–water partition coefficient (Wildman–Crippen LogP) is 3.40. The van der Waals surface area contributed by atoms with Crippen molar-refractivity contribution >= 4 is 5.97 Å². The summed E-state index contributed by atoms with van der Waals surface area (Å²) in [6, 6.07) is 13.2. The molecule has 0 atom stereocenters. The number of aryl methyl sites for hydroxylation is 1. The number of carbonyl (C=O) groups is 1. The highest BCUT2D eigenvalue weighted by molar-refractivity contribution is 5.87.